The van der Waals surface area contributed by atoms with Crippen LogP contribution in [0.1, 0.15) is 17.7 Å². The van der Waals surface area contributed by atoms with E-state index in [2.05, 4.69) is 20.9 Å². The van der Waals surface area contributed by atoms with Gasteiger partial charge in [-0.1, -0.05) is 0 Å². The topological polar surface area (TPSA) is 73.0 Å². The minimum Gasteiger partial charge on any atom is -0.254 e. The fraction of sp³-hybridized carbons (Fsp3) is 0.286. The summed E-state index contributed by atoms with van der Waals surface area (Å²) in [5, 5.41) is 4.87. The molecule has 0 aliphatic carbocycles. The van der Waals surface area contributed by atoms with Gasteiger partial charge in [-0.2, -0.15) is 0 Å². The summed E-state index contributed by atoms with van der Waals surface area (Å²) in [7, 11) is -3.95. The van der Waals surface area contributed by atoms with Crippen molar-refractivity contribution < 1.29 is 17.2 Å². The molecule has 0 spiro atoms. The molecule has 0 saturated carbocycles. The van der Waals surface area contributed by atoms with Crippen LogP contribution >= 0.6 is 15.9 Å². The van der Waals surface area contributed by atoms with Crippen molar-refractivity contribution in [3.63, 3.8) is 0 Å². The predicted molar refractivity (Wildman–Crippen MR) is 53.0 cm³/mol. The molecule has 0 fully saturated rings. The molecule has 1 rings (SSSR count). The molecule has 1 aromatic rings. The van der Waals surface area contributed by atoms with Crippen LogP contribution in [0.25, 0.3) is 0 Å². The Morgan fingerprint density at radius 2 is 2.07 bits per heavy atom. The van der Waals surface area contributed by atoms with Gasteiger partial charge in [-0.3, -0.25) is 4.98 Å². The van der Waals surface area contributed by atoms with Gasteiger partial charge in [0.2, 0.25) is 10.0 Å². The SMILES string of the molecule is Cc1c(C(F)F)ncc(S(N)(=O)=O)c1Br. The largest absolute Gasteiger partial charge is 0.280 e. The highest BCUT2D eigenvalue weighted by Gasteiger charge is 2.21. The molecule has 0 atom stereocenters. The van der Waals surface area contributed by atoms with E-state index in [1.54, 1.807) is 0 Å². The van der Waals surface area contributed by atoms with E-state index in [9.17, 15) is 17.2 Å². The first-order chi connectivity index (χ1) is 6.75. The molecule has 0 bridgehead atoms. The van der Waals surface area contributed by atoms with E-state index >= 15 is 0 Å². The monoisotopic (exact) mass is 300 g/mol. The normalized spacial score (nSPS) is 12.1. The first-order valence-corrected chi connectivity index (χ1v) is 6.05. The summed E-state index contributed by atoms with van der Waals surface area (Å²) in [6.45, 7) is 1.34. The average molecular weight is 301 g/mol. The Morgan fingerprint density at radius 1 is 1.53 bits per heavy atom. The van der Waals surface area contributed by atoms with E-state index in [4.69, 9.17) is 5.14 Å². The maximum absolute atomic E-state index is 12.4. The first kappa shape index (κ1) is 12.5. The van der Waals surface area contributed by atoms with Gasteiger partial charge in [0.05, 0.1) is 0 Å². The van der Waals surface area contributed by atoms with Crippen LogP contribution in [0.15, 0.2) is 15.6 Å². The molecule has 2 N–H and O–H groups in total. The number of hydrogen-bond acceptors (Lipinski definition) is 3. The van der Waals surface area contributed by atoms with Gasteiger partial charge in [-0.25, -0.2) is 22.3 Å². The van der Waals surface area contributed by atoms with Gasteiger partial charge in [0.15, 0.2) is 0 Å². The van der Waals surface area contributed by atoms with Crippen molar-refractivity contribution >= 4 is 26.0 Å². The number of hydrogen-bond donors (Lipinski definition) is 1. The number of nitrogens with two attached hydrogens (primary N) is 1. The second-order valence-electron chi connectivity index (χ2n) is 2.79. The molecule has 15 heavy (non-hydrogen) atoms. The van der Waals surface area contributed by atoms with Gasteiger partial charge in [0.25, 0.3) is 6.43 Å². The number of sulfonamides is 1. The number of alkyl halides is 2. The highest BCUT2D eigenvalue weighted by molar-refractivity contribution is 9.10. The lowest BCUT2D eigenvalue weighted by Crippen LogP contribution is -2.14. The summed E-state index contributed by atoms with van der Waals surface area (Å²) in [4.78, 5) is 3.06. The quantitative estimate of drug-likeness (QED) is 0.904. The van der Waals surface area contributed by atoms with Crippen LogP contribution in [0.2, 0.25) is 0 Å². The van der Waals surface area contributed by atoms with Gasteiger partial charge in [-0.15, -0.1) is 0 Å². The average Bonchev–Trinajstić information content (AvgIpc) is 2.06. The van der Waals surface area contributed by atoms with E-state index in [1.165, 1.54) is 6.92 Å². The van der Waals surface area contributed by atoms with Crippen LogP contribution in [0.5, 0.6) is 0 Å². The Kier molecular flexibility index (Phi) is 3.41. The van der Waals surface area contributed by atoms with Gasteiger partial charge in [0.1, 0.15) is 10.6 Å². The number of rotatable bonds is 2. The lowest BCUT2D eigenvalue weighted by atomic mass is 10.2. The first-order valence-electron chi connectivity index (χ1n) is 3.71. The van der Waals surface area contributed by atoms with Crippen molar-refractivity contribution in [3.05, 3.63) is 21.9 Å². The van der Waals surface area contributed by atoms with Crippen molar-refractivity contribution in [1.82, 2.24) is 4.98 Å². The Bertz CT molecular complexity index is 490. The van der Waals surface area contributed by atoms with Gasteiger partial charge in [0, 0.05) is 10.7 Å². The Hall–Kier alpha value is -0.600. The van der Waals surface area contributed by atoms with Crippen LogP contribution in [0, 0.1) is 6.92 Å². The van der Waals surface area contributed by atoms with E-state index in [1.807, 2.05) is 0 Å². The standard InChI is InChI=1S/C7H7BrF2N2O2S/c1-3-5(8)4(15(11,13)14)2-12-6(3)7(9)10/h2,7H,1H3,(H2,11,13,14). The van der Waals surface area contributed by atoms with E-state index in [0.717, 1.165) is 6.20 Å². The fourth-order valence-electron chi connectivity index (χ4n) is 0.997. The Labute approximate surface area is 93.7 Å². The second-order valence-corrected chi connectivity index (χ2v) is 5.12. The lowest BCUT2D eigenvalue weighted by molar-refractivity contribution is 0.145. The van der Waals surface area contributed by atoms with Crippen molar-refractivity contribution in [2.24, 2.45) is 5.14 Å². The van der Waals surface area contributed by atoms with Crippen molar-refractivity contribution in [1.29, 1.82) is 0 Å². The maximum atomic E-state index is 12.4. The molecule has 0 aliphatic heterocycles. The summed E-state index contributed by atoms with van der Waals surface area (Å²) in [6, 6.07) is 0. The van der Waals surface area contributed by atoms with Crippen LogP contribution < -0.4 is 5.14 Å². The Morgan fingerprint density at radius 3 is 2.47 bits per heavy atom. The predicted octanol–water partition coefficient (Wildman–Crippen LogP) is 1.74. The highest BCUT2D eigenvalue weighted by atomic mass is 79.9. The molecule has 1 heterocycles. The number of pyridine rings is 1. The molecule has 0 saturated heterocycles. The third-order valence-electron chi connectivity index (χ3n) is 1.76. The molecule has 0 aliphatic rings. The second kappa shape index (κ2) is 4.11. The minimum absolute atomic E-state index is 0.0234. The van der Waals surface area contributed by atoms with Crippen LogP contribution in [0.4, 0.5) is 8.78 Å². The number of nitrogens with zero attached hydrogens (tertiary/aromatic N) is 1. The molecule has 8 heteroatoms. The molecule has 0 unspecified atom stereocenters. The highest BCUT2D eigenvalue weighted by Crippen LogP contribution is 2.30. The number of aromatic nitrogens is 1. The third-order valence-corrected chi connectivity index (χ3v) is 3.97. The molecule has 4 nitrogen and oxygen atoms in total. The van der Waals surface area contributed by atoms with Crippen molar-refractivity contribution in [3.8, 4) is 0 Å². The van der Waals surface area contributed by atoms with Crippen LogP contribution in [0.3, 0.4) is 0 Å². The summed E-state index contributed by atoms with van der Waals surface area (Å²) >= 11 is 2.90. The van der Waals surface area contributed by atoms with Gasteiger partial charge >= 0.3 is 0 Å². The van der Waals surface area contributed by atoms with E-state index < -0.39 is 22.1 Å². The van der Waals surface area contributed by atoms with Crippen LogP contribution in [-0.2, 0) is 10.0 Å². The van der Waals surface area contributed by atoms with Crippen LogP contribution in [-0.4, -0.2) is 13.4 Å². The van der Waals surface area contributed by atoms with Crippen molar-refractivity contribution in [2.45, 2.75) is 18.2 Å². The molecule has 0 aromatic carbocycles. The van der Waals surface area contributed by atoms with E-state index in [-0.39, 0.29) is 14.9 Å². The molecule has 0 amide bonds. The molecule has 1 aromatic heterocycles. The summed E-state index contributed by atoms with van der Waals surface area (Å²) in [6.07, 6.45) is -1.94. The smallest absolute Gasteiger partial charge is 0.254 e. The van der Waals surface area contributed by atoms with Crippen molar-refractivity contribution in [2.75, 3.05) is 0 Å². The third kappa shape index (κ3) is 2.50. The number of halogens is 3. The molecule has 0 radical (unpaired) electrons. The summed E-state index contributed by atoms with van der Waals surface area (Å²) in [5.41, 5.74) is -0.397. The molecular weight excluding hydrogens is 294 g/mol. The molecular formula is C7H7BrF2N2O2S. The van der Waals surface area contributed by atoms with E-state index in [0.29, 0.717) is 0 Å². The van der Waals surface area contributed by atoms with Gasteiger partial charge in [-0.05, 0) is 28.4 Å². The van der Waals surface area contributed by atoms with Gasteiger partial charge < -0.3 is 0 Å². The summed E-state index contributed by atoms with van der Waals surface area (Å²) < 4.78 is 46.8. The number of primary sulfonamides is 1. The fourth-order valence-corrected chi connectivity index (χ4v) is 2.58. The summed E-state index contributed by atoms with van der Waals surface area (Å²) in [5.74, 6) is 0. The minimum atomic E-state index is -3.95. The zero-order valence-electron chi connectivity index (χ0n) is 7.54. The maximum Gasteiger partial charge on any atom is 0.280 e. The lowest BCUT2D eigenvalue weighted by Gasteiger charge is -2.08. The zero-order chi connectivity index (χ0) is 11.8. The zero-order valence-corrected chi connectivity index (χ0v) is 9.94. The Balaban J connectivity index is 3.48. The molecule has 84 valence electrons.